The van der Waals surface area contributed by atoms with E-state index in [0.29, 0.717) is 12.8 Å². The van der Waals surface area contributed by atoms with Gasteiger partial charge in [-0.2, -0.15) is 0 Å². The van der Waals surface area contributed by atoms with E-state index in [-0.39, 0.29) is 19.6 Å². The van der Waals surface area contributed by atoms with E-state index >= 15 is 0 Å². The molecule has 56 heavy (non-hydrogen) atoms. The molecule has 10 heteroatoms. The Morgan fingerprint density at radius 2 is 1.02 bits per heavy atom. The van der Waals surface area contributed by atoms with Gasteiger partial charge in [0.2, 0.25) is 5.91 Å². The number of rotatable bonds is 43. The molecule has 0 aromatic carbocycles. The maximum absolute atomic E-state index is 12.8. The van der Waals surface area contributed by atoms with Crippen molar-refractivity contribution in [3.05, 3.63) is 36.5 Å². The van der Waals surface area contributed by atoms with Crippen LogP contribution >= 0.6 is 7.82 Å². The predicted octanol–water partition coefficient (Wildman–Crippen LogP) is 12.1. The summed E-state index contributed by atoms with van der Waals surface area (Å²) in [6.07, 6.45) is 46.6. The molecular weight excluding hydrogens is 723 g/mol. The number of aliphatic hydroxyl groups is 2. The van der Waals surface area contributed by atoms with Crippen molar-refractivity contribution in [2.24, 2.45) is 5.73 Å². The Morgan fingerprint density at radius 3 is 1.48 bits per heavy atom. The standard InChI is InChI=1S/C46H89N2O7P/c1-3-5-7-9-11-13-15-17-19-21-22-24-26-28-30-32-34-36-38-45(50)44(42-55-56(52,53)54-40-39-47)48-46(51)41-43(49)37-35-33-31-29-27-25-23-20-18-16-14-12-10-8-6-4-2/h21-22,28,30,36,38,43-45,49-50H,3-20,23-27,29,31-35,37,39-42,47H2,1-2H3,(H,48,51)(H,52,53)/b22-21+,30-28+,38-36+. The summed E-state index contributed by atoms with van der Waals surface area (Å²) < 4.78 is 22.1. The summed E-state index contributed by atoms with van der Waals surface area (Å²) in [5, 5.41) is 24.1. The minimum absolute atomic E-state index is 0.0429. The third-order valence-electron chi connectivity index (χ3n) is 10.3. The number of nitrogens with two attached hydrogens (primary N) is 1. The molecule has 0 bridgehead atoms. The highest BCUT2D eigenvalue weighted by Gasteiger charge is 2.27. The van der Waals surface area contributed by atoms with Crippen molar-refractivity contribution >= 4 is 13.7 Å². The van der Waals surface area contributed by atoms with Gasteiger partial charge >= 0.3 is 7.82 Å². The first-order valence-electron chi connectivity index (χ1n) is 23.2. The smallest absolute Gasteiger partial charge is 0.393 e. The number of amides is 1. The van der Waals surface area contributed by atoms with Crippen LogP contribution in [0.1, 0.15) is 213 Å². The summed E-state index contributed by atoms with van der Waals surface area (Å²) in [5.41, 5.74) is 5.36. The van der Waals surface area contributed by atoms with Crippen molar-refractivity contribution in [2.45, 2.75) is 231 Å². The summed E-state index contributed by atoms with van der Waals surface area (Å²) >= 11 is 0. The summed E-state index contributed by atoms with van der Waals surface area (Å²) in [5.74, 6) is -0.458. The van der Waals surface area contributed by atoms with E-state index in [4.69, 9.17) is 14.8 Å². The lowest BCUT2D eigenvalue weighted by Crippen LogP contribution is -2.46. The van der Waals surface area contributed by atoms with E-state index in [1.54, 1.807) is 6.08 Å². The molecule has 4 atom stereocenters. The van der Waals surface area contributed by atoms with Crippen molar-refractivity contribution in [1.29, 1.82) is 0 Å². The Bertz CT molecular complexity index is 993. The van der Waals surface area contributed by atoms with Gasteiger partial charge < -0.3 is 26.2 Å². The Kier molecular flexibility index (Phi) is 40.8. The number of hydrogen-bond donors (Lipinski definition) is 5. The molecule has 0 spiro atoms. The Balaban J connectivity index is 4.35. The summed E-state index contributed by atoms with van der Waals surface area (Å²) in [7, 11) is -4.41. The predicted molar refractivity (Wildman–Crippen MR) is 237 cm³/mol. The van der Waals surface area contributed by atoms with Gasteiger partial charge in [0.05, 0.1) is 37.9 Å². The van der Waals surface area contributed by atoms with Gasteiger partial charge in [0.25, 0.3) is 0 Å². The van der Waals surface area contributed by atoms with Crippen molar-refractivity contribution < 1.29 is 33.5 Å². The molecule has 0 heterocycles. The molecule has 330 valence electrons. The number of carbonyl (C=O) groups is 1. The van der Waals surface area contributed by atoms with Crippen LogP contribution in [-0.4, -0.2) is 59.0 Å². The van der Waals surface area contributed by atoms with Gasteiger partial charge in [0.1, 0.15) is 0 Å². The number of allylic oxidation sites excluding steroid dienone is 5. The topological polar surface area (TPSA) is 151 Å². The molecule has 0 aliphatic heterocycles. The number of phosphoric acid groups is 1. The first kappa shape index (κ1) is 54.7. The average molecular weight is 813 g/mol. The zero-order chi connectivity index (χ0) is 41.2. The van der Waals surface area contributed by atoms with Crippen LogP contribution in [0.3, 0.4) is 0 Å². The van der Waals surface area contributed by atoms with E-state index in [1.807, 2.05) is 6.08 Å². The number of unbranched alkanes of at least 4 members (excludes halogenated alkanes) is 25. The quantitative estimate of drug-likeness (QED) is 0.0232. The average Bonchev–Trinajstić information content (AvgIpc) is 3.17. The van der Waals surface area contributed by atoms with E-state index in [0.717, 1.165) is 44.9 Å². The van der Waals surface area contributed by atoms with Crippen LogP contribution in [0.25, 0.3) is 0 Å². The van der Waals surface area contributed by atoms with Crippen molar-refractivity contribution in [3.63, 3.8) is 0 Å². The Labute approximate surface area is 344 Å². The molecule has 0 aliphatic rings. The molecule has 0 radical (unpaired) electrons. The molecule has 0 aromatic heterocycles. The lowest BCUT2D eigenvalue weighted by atomic mass is 10.0. The molecule has 4 unspecified atom stereocenters. The Morgan fingerprint density at radius 1 is 0.607 bits per heavy atom. The fourth-order valence-corrected chi connectivity index (χ4v) is 7.50. The van der Waals surface area contributed by atoms with Crippen LogP contribution in [0.4, 0.5) is 0 Å². The number of carbonyl (C=O) groups excluding carboxylic acids is 1. The zero-order valence-electron chi connectivity index (χ0n) is 36.2. The molecule has 0 saturated carbocycles. The SMILES string of the molecule is CCCCCCCCCC/C=C/CC/C=C/CC/C=C/C(O)C(COP(=O)(O)OCCN)NC(=O)CC(O)CCCCCCCCCCCCCCCCCC. The van der Waals surface area contributed by atoms with Gasteiger partial charge in [-0.15, -0.1) is 0 Å². The van der Waals surface area contributed by atoms with Gasteiger partial charge in [-0.05, 0) is 44.9 Å². The number of hydrogen-bond acceptors (Lipinski definition) is 7. The van der Waals surface area contributed by atoms with Crippen LogP contribution in [0.15, 0.2) is 36.5 Å². The largest absolute Gasteiger partial charge is 0.472 e. The van der Waals surface area contributed by atoms with Gasteiger partial charge in [0, 0.05) is 6.54 Å². The zero-order valence-corrected chi connectivity index (χ0v) is 37.1. The first-order valence-corrected chi connectivity index (χ1v) is 24.7. The molecule has 0 saturated heterocycles. The molecular formula is C46H89N2O7P. The molecule has 6 N–H and O–H groups in total. The van der Waals surface area contributed by atoms with E-state index in [9.17, 15) is 24.5 Å². The van der Waals surface area contributed by atoms with E-state index in [1.165, 1.54) is 135 Å². The van der Waals surface area contributed by atoms with Gasteiger partial charge in [0.15, 0.2) is 0 Å². The fourth-order valence-electron chi connectivity index (χ4n) is 6.74. The highest BCUT2D eigenvalue weighted by atomic mass is 31.2. The summed E-state index contributed by atoms with van der Waals surface area (Å²) in [6.45, 7) is 3.95. The number of phosphoric ester groups is 1. The van der Waals surface area contributed by atoms with Gasteiger partial charge in [-0.25, -0.2) is 4.57 Å². The molecule has 0 rings (SSSR count). The van der Waals surface area contributed by atoms with Crippen LogP contribution in [0.2, 0.25) is 0 Å². The van der Waals surface area contributed by atoms with E-state index in [2.05, 4.69) is 43.5 Å². The maximum Gasteiger partial charge on any atom is 0.472 e. The monoisotopic (exact) mass is 813 g/mol. The lowest BCUT2D eigenvalue weighted by molar-refractivity contribution is -0.124. The highest BCUT2D eigenvalue weighted by Crippen LogP contribution is 2.43. The van der Waals surface area contributed by atoms with Crippen LogP contribution in [-0.2, 0) is 18.4 Å². The van der Waals surface area contributed by atoms with Crippen LogP contribution < -0.4 is 11.1 Å². The third-order valence-corrected chi connectivity index (χ3v) is 11.2. The first-order chi connectivity index (χ1) is 27.3. The molecule has 0 aromatic rings. The van der Waals surface area contributed by atoms with Gasteiger partial charge in [-0.3, -0.25) is 13.8 Å². The fraction of sp³-hybridized carbons (Fsp3) is 0.848. The molecule has 1 amide bonds. The van der Waals surface area contributed by atoms with Crippen molar-refractivity contribution in [1.82, 2.24) is 5.32 Å². The third kappa shape index (κ3) is 39.5. The second kappa shape index (κ2) is 41.8. The molecule has 0 fully saturated rings. The van der Waals surface area contributed by atoms with Crippen molar-refractivity contribution in [3.8, 4) is 0 Å². The van der Waals surface area contributed by atoms with E-state index < -0.39 is 38.6 Å². The summed E-state index contributed by atoms with van der Waals surface area (Å²) in [4.78, 5) is 22.8. The normalized spacial score (nSPS) is 14.9. The molecule has 0 aliphatic carbocycles. The number of nitrogens with one attached hydrogen (secondary N) is 1. The summed E-state index contributed by atoms with van der Waals surface area (Å²) in [6, 6.07) is -1.00. The Hall–Kier alpha value is -1.32. The van der Waals surface area contributed by atoms with Gasteiger partial charge in [-0.1, -0.05) is 198 Å². The number of aliphatic hydroxyl groups excluding tert-OH is 2. The second-order valence-electron chi connectivity index (χ2n) is 15.8. The van der Waals surface area contributed by atoms with Crippen LogP contribution in [0, 0.1) is 0 Å². The minimum Gasteiger partial charge on any atom is -0.393 e. The molecule has 9 nitrogen and oxygen atoms in total. The second-order valence-corrected chi connectivity index (χ2v) is 17.2. The minimum atomic E-state index is -4.41. The highest BCUT2D eigenvalue weighted by molar-refractivity contribution is 7.47. The van der Waals surface area contributed by atoms with Crippen molar-refractivity contribution in [2.75, 3.05) is 19.8 Å². The maximum atomic E-state index is 12.8. The van der Waals surface area contributed by atoms with Crippen LogP contribution in [0.5, 0.6) is 0 Å². The lowest BCUT2D eigenvalue weighted by Gasteiger charge is -2.24.